The van der Waals surface area contributed by atoms with Gasteiger partial charge in [-0.05, 0) is 85.6 Å². The van der Waals surface area contributed by atoms with Gasteiger partial charge in [-0.25, -0.2) is 9.80 Å². The van der Waals surface area contributed by atoms with Crippen molar-refractivity contribution in [3.63, 3.8) is 0 Å². The van der Waals surface area contributed by atoms with Crippen LogP contribution in [0.1, 0.15) is 107 Å². The lowest BCUT2D eigenvalue weighted by Crippen LogP contribution is -2.43. The second-order valence-electron chi connectivity index (χ2n) is 11.8. The monoisotopic (exact) mass is 618 g/mol. The molecule has 0 aromatic heterocycles. The van der Waals surface area contributed by atoms with E-state index < -0.39 is 23.6 Å². The minimum Gasteiger partial charge on any atom is -0.494 e. The molecule has 4 amide bonds. The van der Waals surface area contributed by atoms with Crippen LogP contribution in [0.15, 0.2) is 72.8 Å². The molecule has 0 fully saturated rings. The van der Waals surface area contributed by atoms with Gasteiger partial charge >= 0.3 is 0 Å². The topological polar surface area (TPSA) is 93.2 Å². The van der Waals surface area contributed by atoms with E-state index in [1.165, 1.54) is 12.8 Å². The summed E-state index contributed by atoms with van der Waals surface area (Å²) in [6.07, 6.45) is 8.79. The number of rotatable bonds is 14. The number of carbonyl (C=O) groups excluding carboxylic acids is 4. The van der Waals surface area contributed by atoms with E-state index in [1.54, 1.807) is 72.8 Å². The van der Waals surface area contributed by atoms with Gasteiger partial charge < -0.3 is 9.47 Å². The fourth-order valence-corrected chi connectivity index (χ4v) is 6.16. The van der Waals surface area contributed by atoms with Gasteiger partial charge in [0.1, 0.15) is 11.5 Å². The van der Waals surface area contributed by atoms with Gasteiger partial charge in [-0.1, -0.05) is 52.4 Å². The smallest absolute Gasteiger partial charge is 0.265 e. The number of carbonyl (C=O) groups is 4. The average molecular weight is 619 g/mol. The predicted molar refractivity (Wildman–Crippen MR) is 178 cm³/mol. The second kappa shape index (κ2) is 13.6. The molecule has 0 bridgehead atoms. The van der Waals surface area contributed by atoms with Crippen molar-refractivity contribution in [2.75, 3.05) is 23.0 Å². The Morgan fingerprint density at radius 1 is 0.435 bits per heavy atom. The van der Waals surface area contributed by atoms with Gasteiger partial charge in [-0.2, -0.15) is 0 Å². The Morgan fingerprint density at radius 3 is 1.07 bits per heavy atom. The van der Waals surface area contributed by atoms with Crippen molar-refractivity contribution >= 4 is 45.8 Å². The van der Waals surface area contributed by atoms with Gasteiger partial charge in [-0.15, -0.1) is 0 Å². The van der Waals surface area contributed by atoms with Gasteiger partial charge in [0.2, 0.25) is 0 Å². The summed E-state index contributed by atoms with van der Waals surface area (Å²) in [6, 6.07) is 20.1. The molecule has 46 heavy (non-hydrogen) atoms. The minimum atomic E-state index is -0.512. The summed E-state index contributed by atoms with van der Waals surface area (Å²) in [5, 5.41) is 0.669. The summed E-state index contributed by atoms with van der Waals surface area (Å²) in [5.74, 6) is -0.711. The molecule has 6 rings (SSSR count). The third kappa shape index (κ3) is 5.75. The predicted octanol–water partition coefficient (Wildman–Crippen LogP) is 8.36. The third-order valence-corrected chi connectivity index (χ3v) is 8.62. The van der Waals surface area contributed by atoms with Crippen molar-refractivity contribution in [3.8, 4) is 11.5 Å². The molecule has 0 unspecified atom stereocenters. The standard InChI is InChI=1S/C38H38N2O6/c1-3-5-7-9-23-45-27-15-11-25(12-16-27)39-35(41)29-19-21-31-34-32(22-20-30(33(29)34)36(39)42)38(44)40(37(31)43)26-13-17-28(18-14-26)46-24-10-8-6-4-2/h11-22H,3-10,23-24H2,1-2H3. The first-order valence-corrected chi connectivity index (χ1v) is 16.3. The van der Waals surface area contributed by atoms with Crippen LogP contribution in [0.3, 0.4) is 0 Å². The molecule has 4 aromatic rings. The average Bonchev–Trinajstić information content (AvgIpc) is 3.07. The first kappa shape index (κ1) is 31.0. The lowest BCUT2D eigenvalue weighted by molar-refractivity contribution is 0.0873. The largest absolute Gasteiger partial charge is 0.494 e. The summed E-state index contributed by atoms with van der Waals surface area (Å²) in [4.78, 5) is 57.4. The van der Waals surface area contributed by atoms with Gasteiger partial charge in [0.05, 0.1) is 24.6 Å². The lowest BCUT2D eigenvalue weighted by atomic mass is 9.85. The van der Waals surface area contributed by atoms with Gasteiger partial charge in [0, 0.05) is 33.0 Å². The Bertz CT molecular complexity index is 1590. The maximum Gasteiger partial charge on any atom is 0.265 e. The van der Waals surface area contributed by atoms with Crippen molar-refractivity contribution in [1.82, 2.24) is 0 Å². The minimum absolute atomic E-state index is 0.265. The van der Waals surface area contributed by atoms with Gasteiger partial charge in [-0.3, -0.25) is 19.2 Å². The number of unbranched alkanes of at least 4 members (excludes halogenated alkanes) is 6. The van der Waals surface area contributed by atoms with Crippen LogP contribution in [0.4, 0.5) is 11.4 Å². The van der Waals surface area contributed by atoms with Crippen LogP contribution < -0.4 is 19.3 Å². The third-order valence-electron chi connectivity index (χ3n) is 8.62. The number of benzene rings is 4. The molecule has 0 saturated carbocycles. The van der Waals surface area contributed by atoms with E-state index in [4.69, 9.17) is 9.47 Å². The number of ether oxygens (including phenoxy) is 2. The van der Waals surface area contributed by atoms with Crippen LogP contribution in [0.25, 0.3) is 10.8 Å². The molecule has 0 spiro atoms. The highest BCUT2D eigenvalue weighted by molar-refractivity contribution is 6.42. The van der Waals surface area contributed by atoms with E-state index in [-0.39, 0.29) is 22.3 Å². The number of anilines is 2. The fraction of sp³-hybridized carbons (Fsp3) is 0.316. The molecule has 0 atom stereocenters. The van der Waals surface area contributed by atoms with Crippen LogP contribution in [-0.2, 0) is 0 Å². The van der Waals surface area contributed by atoms with Gasteiger partial charge in [0.15, 0.2) is 0 Å². The highest BCUT2D eigenvalue weighted by Crippen LogP contribution is 2.40. The molecule has 8 nitrogen and oxygen atoms in total. The molecule has 0 aliphatic carbocycles. The molecule has 2 aliphatic rings. The summed E-state index contributed by atoms with van der Waals surface area (Å²) in [6.45, 7) is 5.53. The number of amides is 4. The summed E-state index contributed by atoms with van der Waals surface area (Å²) < 4.78 is 11.7. The van der Waals surface area contributed by atoms with E-state index in [1.807, 2.05) is 0 Å². The molecule has 0 radical (unpaired) electrons. The SMILES string of the molecule is CCCCCCOc1ccc(N2C(=O)c3ccc4c5c(ccc(c35)C2=O)C(=O)N(c2ccc(OCCCCCC)cc2)C4=O)cc1. The highest BCUT2D eigenvalue weighted by Gasteiger charge is 2.40. The molecular formula is C38H38N2O6. The van der Waals surface area contributed by atoms with Crippen LogP contribution >= 0.6 is 0 Å². The summed E-state index contributed by atoms with van der Waals surface area (Å²) in [5.41, 5.74) is 1.89. The molecule has 2 aliphatic heterocycles. The van der Waals surface area contributed by atoms with Crippen molar-refractivity contribution in [2.45, 2.75) is 65.2 Å². The van der Waals surface area contributed by atoms with E-state index in [0.29, 0.717) is 46.9 Å². The first-order valence-electron chi connectivity index (χ1n) is 16.3. The van der Waals surface area contributed by atoms with E-state index in [9.17, 15) is 19.2 Å². The number of nitrogens with zero attached hydrogens (tertiary/aromatic N) is 2. The Kier molecular flexibility index (Phi) is 9.15. The molecule has 4 aromatic carbocycles. The maximum atomic E-state index is 13.8. The van der Waals surface area contributed by atoms with E-state index in [0.717, 1.165) is 48.3 Å². The van der Waals surface area contributed by atoms with Crippen molar-refractivity contribution in [2.24, 2.45) is 0 Å². The van der Waals surface area contributed by atoms with Crippen LogP contribution in [-0.4, -0.2) is 36.8 Å². The first-order chi connectivity index (χ1) is 22.4. The Morgan fingerprint density at radius 2 is 0.761 bits per heavy atom. The second-order valence-corrected chi connectivity index (χ2v) is 11.8. The molecule has 8 heteroatoms. The zero-order chi connectivity index (χ0) is 32.2. The van der Waals surface area contributed by atoms with Crippen molar-refractivity contribution < 1.29 is 28.7 Å². The molecule has 236 valence electrons. The Labute approximate surface area is 268 Å². The van der Waals surface area contributed by atoms with E-state index >= 15 is 0 Å². The highest BCUT2D eigenvalue weighted by atomic mass is 16.5. The Balaban J connectivity index is 1.24. The van der Waals surface area contributed by atoms with E-state index in [2.05, 4.69) is 13.8 Å². The zero-order valence-corrected chi connectivity index (χ0v) is 26.3. The van der Waals surface area contributed by atoms with Crippen molar-refractivity contribution in [1.29, 1.82) is 0 Å². The molecule has 0 saturated heterocycles. The summed E-state index contributed by atoms with van der Waals surface area (Å²) in [7, 11) is 0. The zero-order valence-electron chi connectivity index (χ0n) is 26.3. The lowest BCUT2D eigenvalue weighted by Gasteiger charge is -2.32. The maximum absolute atomic E-state index is 13.8. The number of hydrogen-bond acceptors (Lipinski definition) is 6. The van der Waals surface area contributed by atoms with Crippen LogP contribution in [0.5, 0.6) is 11.5 Å². The number of hydrogen-bond donors (Lipinski definition) is 0. The normalized spacial score (nSPS) is 14.0. The Hall–Kier alpha value is -4.98. The van der Waals surface area contributed by atoms with Crippen LogP contribution in [0.2, 0.25) is 0 Å². The van der Waals surface area contributed by atoms with Crippen LogP contribution in [0, 0.1) is 0 Å². The summed E-state index contributed by atoms with van der Waals surface area (Å²) >= 11 is 0. The molecular weight excluding hydrogens is 580 g/mol. The molecule has 2 heterocycles. The fourth-order valence-electron chi connectivity index (χ4n) is 6.16. The van der Waals surface area contributed by atoms with Crippen molar-refractivity contribution in [3.05, 3.63) is 95.1 Å². The quantitative estimate of drug-likeness (QED) is 0.104. The molecule has 0 N–H and O–H groups in total. The van der Waals surface area contributed by atoms with Gasteiger partial charge in [0.25, 0.3) is 23.6 Å². The number of imide groups is 2.